The minimum atomic E-state index is -0.426. The first-order valence-electron chi connectivity index (χ1n) is 7.41. The summed E-state index contributed by atoms with van der Waals surface area (Å²) in [5, 5.41) is 5.52. The molecule has 3 amide bonds. The molecule has 2 rings (SSSR count). The number of rotatable bonds is 3. The van der Waals surface area contributed by atoms with Crippen molar-refractivity contribution in [2.45, 2.75) is 32.7 Å². The summed E-state index contributed by atoms with van der Waals surface area (Å²) in [5.74, 6) is 0.333. The Morgan fingerprint density at radius 2 is 1.77 bits per heavy atom. The first kappa shape index (κ1) is 16.1. The lowest BCUT2D eigenvalue weighted by Crippen LogP contribution is -2.46. The second-order valence-electron chi connectivity index (χ2n) is 6.09. The minimum absolute atomic E-state index is 0.108. The van der Waals surface area contributed by atoms with Gasteiger partial charge < -0.3 is 15.5 Å². The summed E-state index contributed by atoms with van der Waals surface area (Å²) < 4.78 is 0. The van der Waals surface area contributed by atoms with Crippen LogP contribution < -0.4 is 10.6 Å². The van der Waals surface area contributed by atoms with Crippen molar-refractivity contribution in [2.75, 3.05) is 14.1 Å². The van der Waals surface area contributed by atoms with E-state index < -0.39 is 6.04 Å². The molecule has 1 atom stereocenters. The maximum atomic E-state index is 12.5. The van der Waals surface area contributed by atoms with E-state index in [2.05, 4.69) is 24.5 Å². The zero-order chi connectivity index (χ0) is 16.4. The number of allylic oxidation sites excluding steroid dienone is 1. The molecule has 5 heteroatoms. The number of nitrogens with zero attached hydrogens (tertiary/aromatic N) is 1. The third kappa shape index (κ3) is 3.13. The highest BCUT2D eigenvalue weighted by atomic mass is 16.2. The van der Waals surface area contributed by atoms with Gasteiger partial charge in [0.1, 0.15) is 0 Å². The third-order valence-electron chi connectivity index (χ3n) is 3.84. The Morgan fingerprint density at radius 3 is 2.27 bits per heavy atom. The molecule has 0 aromatic heterocycles. The lowest BCUT2D eigenvalue weighted by Gasteiger charge is -2.30. The second kappa shape index (κ2) is 6.22. The molecule has 5 nitrogen and oxygen atoms in total. The van der Waals surface area contributed by atoms with Gasteiger partial charge in [-0.3, -0.25) is 4.79 Å². The number of carbonyl (C=O) groups excluding carboxylic acids is 2. The quantitative estimate of drug-likeness (QED) is 0.901. The Labute approximate surface area is 131 Å². The van der Waals surface area contributed by atoms with Gasteiger partial charge in [0, 0.05) is 19.8 Å². The number of benzene rings is 1. The average molecular weight is 301 g/mol. The molecule has 1 aromatic rings. The van der Waals surface area contributed by atoms with Gasteiger partial charge in [-0.2, -0.15) is 0 Å². The van der Waals surface area contributed by atoms with Crippen LogP contribution >= 0.6 is 0 Å². The van der Waals surface area contributed by atoms with E-state index in [0.29, 0.717) is 17.2 Å². The summed E-state index contributed by atoms with van der Waals surface area (Å²) in [4.78, 5) is 25.8. The molecule has 1 aromatic carbocycles. The van der Waals surface area contributed by atoms with Crippen molar-refractivity contribution >= 4 is 11.9 Å². The molecule has 2 N–H and O–H groups in total. The van der Waals surface area contributed by atoms with Gasteiger partial charge in [-0.25, -0.2) is 4.79 Å². The second-order valence-corrected chi connectivity index (χ2v) is 6.09. The lowest BCUT2D eigenvalue weighted by molar-refractivity contribution is -0.125. The van der Waals surface area contributed by atoms with Crippen molar-refractivity contribution in [2.24, 2.45) is 0 Å². The zero-order valence-corrected chi connectivity index (χ0v) is 13.7. The molecule has 22 heavy (non-hydrogen) atoms. The molecule has 0 fully saturated rings. The van der Waals surface area contributed by atoms with Crippen molar-refractivity contribution in [3.63, 3.8) is 0 Å². The van der Waals surface area contributed by atoms with Gasteiger partial charge in [-0.1, -0.05) is 38.1 Å². The van der Waals surface area contributed by atoms with Crippen molar-refractivity contribution in [1.29, 1.82) is 0 Å². The maximum absolute atomic E-state index is 12.5. The van der Waals surface area contributed by atoms with Crippen LogP contribution in [-0.4, -0.2) is 30.9 Å². The maximum Gasteiger partial charge on any atom is 0.319 e. The van der Waals surface area contributed by atoms with Crippen LogP contribution in [-0.2, 0) is 4.79 Å². The fourth-order valence-corrected chi connectivity index (χ4v) is 2.54. The first-order chi connectivity index (χ1) is 10.3. The molecule has 0 spiro atoms. The summed E-state index contributed by atoms with van der Waals surface area (Å²) in [5.41, 5.74) is 3.30. The smallest absolute Gasteiger partial charge is 0.319 e. The van der Waals surface area contributed by atoms with Crippen molar-refractivity contribution in [1.82, 2.24) is 15.5 Å². The highest BCUT2D eigenvalue weighted by molar-refractivity contribution is 5.98. The van der Waals surface area contributed by atoms with E-state index in [4.69, 9.17) is 0 Å². The number of hydrogen-bond donors (Lipinski definition) is 2. The van der Waals surface area contributed by atoms with Crippen molar-refractivity contribution in [3.05, 3.63) is 46.7 Å². The molecular formula is C17H23N3O2. The van der Waals surface area contributed by atoms with Crippen LogP contribution in [0.25, 0.3) is 0 Å². The molecule has 0 radical (unpaired) electrons. The molecule has 0 bridgehead atoms. The van der Waals surface area contributed by atoms with E-state index in [-0.39, 0.29) is 11.9 Å². The van der Waals surface area contributed by atoms with Gasteiger partial charge in [0.25, 0.3) is 5.91 Å². The summed E-state index contributed by atoms with van der Waals surface area (Å²) >= 11 is 0. The molecule has 0 aliphatic carbocycles. The van der Waals surface area contributed by atoms with Crippen LogP contribution in [0.4, 0.5) is 4.79 Å². The highest BCUT2D eigenvalue weighted by Crippen LogP contribution is 2.28. The monoisotopic (exact) mass is 301 g/mol. The van der Waals surface area contributed by atoms with Gasteiger partial charge in [-0.15, -0.1) is 0 Å². The van der Waals surface area contributed by atoms with E-state index in [1.807, 2.05) is 24.3 Å². The SMILES string of the molecule is CC1=C(C(=O)N(C)C)[C@@H](c2ccc(C(C)C)cc2)NC(=O)N1. The first-order valence-corrected chi connectivity index (χ1v) is 7.41. The third-order valence-corrected chi connectivity index (χ3v) is 3.84. The fraction of sp³-hybridized carbons (Fsp3) is 0.412. The predicted molar refractivity (Wildman–Crippen MR) is 86.3 cm³/mol. The van der Waals surface area contributed by atoms with E-state index in [0.717, 1.165) is 5.56 Å². The van der Waals surface area contributed by atoms with Crippen LogP contribution in [0.5, 0.6) is 0 Å². The molecule has 1 aliphatic rings. The molecule has 118 valence electrons. The van der Waals surface area contributed by atoms with Crippen LogP contribution in [0, 0.1) is 0 Å². The Bertz CT molecular complexity index is 615. The van der Waals surface area contributed by atoms with E-state index in [1.54, 1.807) is 21.0 Å². The molecule has 1 heterocycles. The molecule has 0 saturated carbocycles. The lowest BCUT2D eigenvalue weighted by atomic mass is 9.92. The Morgan fingerprint density at radius 1 is 1.18 bits per heavy atom. The average Bonchev–Trinajstić information content (AvgIpc) is 2.45. The van der Waals surface area contributed by atoms with Gasteiger partial charge in [0.15, 0.2) is 0 Å². The van der Waals surface area contributed by atoms with Gasteiger partial charge in [0.2, 0.25) is 0 Å². The molecular weight excluding hydrogens is 278 g/mol. The van der Waals surface area contributed by atoms with Gasteiger partial charge in [-0.05, 0) is 24.0 Å². The van der Waals surface area contributed by atoms with Gasteiger partial charge in [0.05, 0.1) is 11.6 Å². The van der Waals surface area contributed by atoms with Crippen LogP contribution in [0.15, 0.2) is 35.5 Å². The van der Waals surface area contributed by atoms with E-state index in [1.165, 1.54) is 10.5 Å². The van der Waals surface area contributed by atoms with Gasteiger partial charge >= 0.3 is 6.03 Å². The summed E-state index contributed by atoms with van der Waals surface area (Å²) in [6.45, 7) is 6.02. The van der Waals surface area contributed by atoms with Crippen LogP contribution in [0.2, 0.25) is 0 Å². The van der Waals surface area contributed by atoms with Crippen molar-refractivity contribution in [3.8, 4) is 0 Å². The highest BCUT2D eigenvalue weighted by Gasteiger charge is 2.31. The number of amides is 3. The summed E-state index contributed by atoms with van der Waals surface area (Å²) in [7, 11) is 3.41. The number of nitrogens with one attached hydrogen (secondary N) is 2. The topological polar surface area (TPSA) is 61.4 Å². The Kier molecular flexibility index (Phi) is 4.54. The molecule has 0 saturated heterocycles. The largest absolute Gasteiger partial charge is 0.345 e. The van der Waals surface area contributed by atoms with Crippen LogP contribution in [0.3, 0.4) is 0 Å². The number of carbonyl (C=O) groups is 2. The van der Waals surface area contributed by atoms with E-state index >= 15 is 0 Å². The zero-order valence-electron chi connectivity index (χ0n) is 13.7. The minimum Gasteiger partial charge on any atom is -0.345 e. The number of urea groups is 1. The number of hydrogen-bond acceptors (Lipinski definition) is 2. The van der Waals surface area contributed by atoms with Crippen molar-refractivity contribution < 1.29 is 9.59 Å². The normalized spacial score (nSPS) is 18.1. The molecule has 1 aliphatic heterocycles. The van der Waals surface area contributed by atoms with E-state index in [9.17, 15) is 9.59 Å². The molecule has 0 unspecified atom stereocenters. The summed E-state index contributed by atoms with van der Waals surface area (Å²) in [6.07, 6.45) is 0. The Hall–Kier alpha value is -2.30. The fourth-order valence-electron chi connectivity index (χ4n) is 2.54. The standard InChI is InChI=1S/C17H23N3O2/c1-10(2)12-6-8-13(9-7-12)15-14(16(21)20(4)5)11(3)18-17(22)19-15/h6-10,15H,1-5H3,(H2,18,19,22)/t15-/m1/s1. The van der Waals surface area contributed by atoms with Crippen LogP contribution in [0.1, 0.15) is 43.9 Å². The number of likely N-dealkylation sites (N-methyl/N-ethyl adjacent to an activating group) is 1. The Balaban J connectivity index is 2.43. The summed E-state index contributed by atoms with van der Waals surface area (Å²) in [6, 6.07) is 7.32. The predicted octanol–water partition coefficient (Wildman–Crippen LogP) is 2.53.